The van der Waals surface area contributed by atoms with Crippen molar-refractivity contribution in [1.29, 1.82) is 0 Å². The number of ether oxygens (including phenoxy) is 1. The van der Waals surface area contributed by atoms with Crippen LogP contribution < -0.4 is 5.48 Å². The molecule has 4 heteroatoms. The Bertz CT molecular complexity index is 204. The average Bonchev–Trinajstić information content (AvgIpc) is 2.23. The molecule has 2 unspecified atom stereocenters. The standard InChI is InChI=1S/C11H21NO3/c1-5-7-8-12-15-11(13)14-10(4)9(3)6-2/h7-10,12H,5-6H2,1-4H3/b8-7-. The number of hydrogen-bond donors (Lipinski definition) is 1. The molecule has 1 N–H and O–H groups in total. The van der Waals surface area contributed by atoms with Gasteiger partial charge in [0.1, 0.15) is 6.10 Å². The fraction of sp³-hybridized carbons (Fsp3) is 0.727. The van der Waals surface area contributed by atoms with Gasteiger partial charge in [0, 0.05) is 6.20 Å². The zero-order valence-corrected chi connectivity index (χ0v) is 9.95. The van der Waals surface area contributed by atoms with E-state index in [9.17, 15) is 4.79 Å². The van der Waals surface area contributed by atoms with Crippen molar-refractivity contribution in [3.8, 4) is 0 Å². The van der Waals surface area contributed by atoms with E-state index in [1.807, 2.05) is 26.8 Å². The summed E-state index contributed by atoms with van der Waals surface area (Å²) in [6.07, 6.45) is 4.44. The molecule has 0 spiro atoms. The second-order valence-corrected chi connectivity index (χ2v) is 3.49. The van der Waals surface area contributed by atoms with Crippen molar-refractivity contribution in [3.63, 3.8) is 0 Å². The molecule has 0 saturated heterocycles. The molecule has 0 aliphatic heterocycles. The van der Waals surface area contributed by atoms with E-state index in [0.717, 1.165) is 12.8 Å². The number of carbonyl (C=O) groups is 1. The molecule has 4 nitrogen and oxygen atoms in total. The van der Waals surface area contributed by atoms with Crippen LogP contribution in [0.25, 0.3) is 0 Å². The highest BCUT2D eigenvalue weighted by molar-refractivity contribution is 5.59. The van der Waals surface area contributed by atoms with Gasteiger partial charge in [0.05, 0.1) is 0 Å². The number of nitrogens with one attached hydrogen (secondary N) is 1. The van der Waals surface area contributed by atoms with Gasteiger partial charge in [-0.05, 0) is 19.3 Å². The molecule has 15 heavy (non-hydrogen) atoms. The van der Waals surface area contributed by atoms with Gasteiger partial charge >= 0.3 is 6.16 Å². The molecule has 0 fully saturated rings. The number of carbonyl (C=O) groups excluding carboxylic acids is 1. The maximum atomic E-state index is 11.1. The molecule has 0 aromatic heterocycles. The molecule has 0 rings (SSSR count). The summed E-state index contributed by atoms with van der Waals surface area (Å²) in [4.78, 5) is 15.7. The monoisotopic (exact) mass is 215 g/mol. The first-order chi connectivity index (χ1) is 7.11. The Morgan fingerprint density at radius 3 is 2.60 bits per heavy atom. The maximum Gasteiger partial charge on any atom is 0.533 e. The van der Waals surface area contributed by atoms with Crippen LogP contribution in [0.2, 0.25) is 0 Å². The molecule has 0 bridgehead atoms. The minimum Gasteiger partial charge on any atom is -0.429 e. The molecular formula is C11H21NO3. The van der Waals surface area contributed by atoms with Crippen LogP contribution in [0.4, 0.5) is 4.79 Å². The van der Waals surface area contributed by atoms with Crippen LogP contribution in [-0.2, 0) is 9.57 Å². The Hall–Kier alpha value is -1.19. The second kappa shape index (κ2) is 8.15. The Balaban J connectivity index is 3.69. The first kappa shape index (κ1) is 13.8. The first-order valence-electron chi connectivity index (χ1n) is 5.39. The summed E-state index contributed by atoms with van der Waals surface area (Å²) < 4.78 is 5.03. The van der Waals surface area contributed by atoms with Crippen LogP contribution >= 0.6 is 0 Å². The summed E-state index contributed by atoms with van der Waals surface area (Å²) in [6.45, 7) is 7.93. The largest absolute Gasteiger partial charge is 0.533 e. The molecule has 0 aliphatic rings. The smallest absolute Gasteiger partial charge is 0.429 e. The van der Waals surface area contributed by atoms with Gasteiger partial charge in [-0.3, -0.25) is 0 Å². The Morgan fingerprint density at radius 2 is 2.07 bits per heavy atom. The van der Waals surface area contributed by atoms with E-state index in [1.54, 1.807) is 6.20 Å². The topological polar surface area (TPSA) is 47.6 Å². The summed E-state index contributed by atoms with van der Waals surface area (Å²) in [5.74, 6) is 0.337. The van der Waals surface area contributed by atoms with Crippen LogP contribution in [0.3, 0.4) is 0 Å². The highest BCUT2D eigenvalue weighted by Gasteiger charge is 2.15. The van der Waals surface area contributed by atoms with Gasteiger partial charge in [0.25, 0.3) is 0 Å². The first-order valence-corrected chi connectivity index (χ1v) is 5.39. The second-order valence-electron chi connectivity index (χ2n) is 3.49. The molecule has 2 atom stereocenters. The van der Waals surface area contributed by atoms with Crippen LogP contribution in [0, 0.1) is 5.92 Å². The highest BCUT2D eigenvalue weighted by Crippen LogP contribution is 2.10. The average molecular weight is 215 g/mol. The van der Waals surface area contributed by atoms with E-state index in [2.05, 4.69) is 17.2 Å². The van der Waals surface area contributed by atoms with Crippen LogP contribution in [0.1, 0.15) is 40.5 Å². The molecule has 0 saturated carbocycles. The lowest BCUT2D eigenvalue weighted by atomic mass is 10.0. The van der Waals surface area contributed by atoms with Crippen molar-refractivity contribution in [3.05, 3.63) is 12.3 Å². The quantitative estimate of drug-likeness (QED) is 0.546. The third kappa shape index (κ3) is 6.82. The summed E-state index contributed by atoms with van der Waals surface area (Å²) >= 11 is 0. The molecule has 88 valence electrons. The van der Waals surface area contributed by atoms with Crippen LogP contribution in [-0.4, -0.2) is 12.3 Å². The SMILES string of the molecule is CC/C=C\NOC(=O)OC(C)C(C)CC. The van der Waals surface area contributed by atoms with Gasteiger partial charge in [-0.25, -0.2) is 10.3 Å². The van der Waals surface area contributed by atoms with E-state index >= 15 is 0 Å². The third-order valence-electron chi connectivity index (χ3n) is 2.29. The van der Waals surface area contributed by atoms with Gasteiger partial charge < -0.3 is 9.57 Å². The predicted molar refractivity (Wildman–Crippen MR) is 59.0 cm³/mol. The fourth-order valence-electron chi connectivity index (χ4n) is 0.872. The summed E-state index contributed by atoms with van der Waals surface area (Å²) in [7, 11) is 0. The normalized spacial score (nSPS) is 14.7. The lowest BCUT2D eigenvalue weighted by Gasteiger charge is -2.17. The maximum absolute atomic E-state index is 11.1. The molecule has 0 aliphatic carbocycles. The van der Waals surface area contributed by atoms with Crippen molar-refractivity contribution in [2.24, 2.45) is 5.92 Å². The lowest BCUT2D eigenvalue weighted by Crippen LogP contribution is -2.24. The molecule has 0 heterocycles. The van der Waals surface area contributed by atoms with Gasteiger partial charge in [0.15, 0.2) is 0 Å². The van der Waals surface area contributed by atoms with Crippen molar-refractivity contribution in [2.75, 3.05) is 0 Å². The van der Waals surface area contributed by atoms with E-state index in [0.29, 0.717) is 5.92 Å². The summed E-state index contributed by atoms with van der Waals surface area (Å²) in [5, 5.41) is 0. The van der Waals surface area contributed by atoms with Gasteiger partial charge in [-0.15, -0.1) is 0 Å². The Morgan fingerprint density at radius 1 is 1.40 bits per heavy atom. The zero-order valence-electron chi connectivity index (χ0n) is 9.95. The molecule has 0 aromatic carbocycles. The third-order valence-corrected chi connectivity index (χ3v) is 2.29. The van der Waals surface area contributed by atoms with Gasteiger partial charge in [0.2, 0.25) is 0 Å². The Labute approximate surface area is 91.6 Å². The van der Waals surface area contributed by atoms with E-state index in [4.69, 9.17) is 4.74 Å². The number of hydrogen-bond acceptors (Lipinski definition) is 4. The lowest BCUT2D eigenvalue weighted by molar-refractivity contribution is -0.00663. The van der Waals surface area contributed by atoms with Crippen molar-refractivity contribution in [2.45, 2.75) is 46.6 Å². The number of hydroxylamine groups is 1. The molecular weight excluding hydrogens is 194 g/mol. The van der Waals surface area contributed by atoms with E-state index in [1.165, 1.54) is 0 Å². The number of allylic oxidation sites excluding steroid dienone is 1. The predicted octanol–water partition coefficient (Wildman–Crippen LogP) is 3.00. The van der Waals surface area contributed by atoms with Crippen LogP contribution in [0.5, 0.6) is 0 Å². The number of rotatable bonds is 6. The van der Waals surface area contributed by atoms with Gasteiger partial charge in [-0.2, -0.15) is 0 Å². The Kier molecular flexibility index (Phi) is 7.50. The minimum atomic E-state index is -0.691. The minimum absolute atomic E-state index is 0.126. The fourth-order valence-corrected chi connectivity index (χ4v) is 0.872. The molecule has 0 radical (unpaired) electrons. The molecule has 0 amide bonds. The van der Waals surface area contributed by atoms with Crippen molar-refractivity contribution in [1.82, 2.24) is 5.48 Å². The van der Waals surface area contributed by atoms with E-state index < -0.39 is 6.16 Å². The summed E-state index contributed by atoms with van der Waals surface area (Å²) in [6, 6.07) is 0. The van der Waals surface area contributed by atoms with Crippen LogP contribution in [0.15, 0.2) is 12.3 Å². The zero-order chi connectivity index (χ0) is 11.7. The highest BCUT2D eigenvalue weighted by atomic mass is 16.8. The summed E-state index contributed by atoms with van der Waals surface area (Å²) in [5.41, 5.74) is 2.39. The van der Waals surface area contributed by atoms with Crippen molar-refractivity contribution < 1.29 is 14.4 Å². The van der Waals surface area contributed by atoms with E-state index in [-0.39, 0.29) is 6.10 Å². The van der Waals surface area contributed by atoms with Crippen molar-refractivity contribution >= 4 is 6.16 Å². The van der Waals surface area contributed by atoms with Gasteiger partial charge in [-0.1, -0.05) is 33.3 Å². The molecule has 0 aromatic rings.